The summed E-state index contributed by atoms with van der Waals surface area (Å²) in [5.74, 6) is 2.28. The number of hydrogen-bond donors (Lipinski definition) is 2. The Labute approximate surface area is 89.6 Å². The molecule has 0 spiro atoms. The van der Waals surface area contributed by atoms with Crippen molar-refractivity contribution in [1.29, 1.82) is 5.26 Å². The zero-order chi connectivity index (χ0) is 11.1. The molecule has 15 heavy (non-hydrogen) atoms. The van der Waals surface area contributed by atoms with Gasteiger partial charge in [-0.25, -0.2) is 9.97 Å². The van der Waals surface area contributed by atoms with Gasteiger partial charge < -0.3 is 10.6 Å². The quantitative estimate of drug-likeness (QED) is 0.713. The molecule has 1 aromatic rings. The zero-order valence-electron chi connectivity index (χ0n) is 9.04. The standard InChI is InChI=1S/C10H15N5/c1-3-12-9-7-10(13-6-4-5-11)15-8(2)14-9/h7H,3-4,6H2,1-2H3,(H2,12,13,14,15). The van der Waals surface area contributed by atoms with Crippen LogP contribution in [0.2, 0.25) is 0 Å². The fraction of sp³-hybridized carbons (Fsp3) is 0.500. The Bertz CT molecular complexity index is 355. The van der Waals surface area contributed by atoms with Crippen LogP contribution in [0.3, 0.4) is 0 Å². The van der Waals surface area contributed by atoms with Gasteiger partial charge in [0.1, 0.15) is 17.5 Å². The summed E-state index contributed by atoms with van der Waals surface area (Å²) in [5.41, 5.74) is 0. The fourth-order valence-electron chi connectivity index (χ4n) is 1.18. The van der Waals surface area contributed by atoms with Crippen molar-refractivity contribution >= 4 is 11.6 Å². The van der Waals surface area contributed by atoms with E-state index in [4.69, 9.17) is 5.26 Å². The molecule has 0 amide bonds. The minimum Gasteiger partial charge on any atom is -0.370 e. The first-order valence-corrected chi connectivity index (χ1v) is 4.96. The second-order valence-electron chi connectivity index (χ2n) is 3.05. The van der Waals surface area contributed by atoms with Gasteiger partial charge in [0.2, 0.25) is 0 Å². The molecule has 0 unspecified atom stereocenters. The molecule has 0 aliphatic rings. The molecule has 0 aliphatic carbocycles. The molecule has 0 fully saturated rings. The lowest BCUT2D eigenvalue weighted by atomic mass is 10.4. The molecule has 80 valence electrons. The highest BCUT2D eigenvalue weighted by Crippen LogP contribution is 2.10. The van der Waals surface area contributed by atoms with Crippen LogP contribution < -0.4 is 10.6 Å². The summed E-state index contributed by atoms with van der Waals surface area (Å²) in [7, 11) is 0. The van der Waals surface area contributed by atoms with Crippen molar-refractivity contribution < 1.29 is 0 Å². The maximum absolute atomic E-state index is 8.40. The second-order valence-corrected chi connectivity index (χ2v) is 3.05. The minimum absolute atomic E-state index is 0.472. The third-order valence-corrected chi connectivity index (χ3v) is 1.74. The predicted molar refractivity (Wildman–Crippen MR) is 59.7 cm³/mol. The average Bonchev–Trinajstić information content (AvgIpc) is 2.18. The van der Waals surface area contributed by atoms with E-state index in [9.17, 15) is 0 Å². The third kappa shape index (κ3) is 3.81. The second kappa shape index (κ2) is 5.81. The molecule has 0 saturated heterocycles. The number of nitriles is 1. The first kappa shape index (κ1) is 11.2. The van der Waals surface area contributed by atoms with Crippen molar-refractivity contribution in [1.82, 2.24) is 9.97 Å². The van der Waals surface area contributed by atoms with Crippen molar-refractivity contribution in [3.63, 3.8) is 0 Å². The van der Waals surface area contributed by atoms with Gasteiger partial charge in [-0.1, -0.05) is 0 Å². The van der Waals surface area contributed by atoms with Crippen LogP contribution in [0.1, 0.15) is 19.2 Å². The fourth-order valence-corrected chi connectivity index (χ4v) is 1.18. The molecule has 0 radical (unpaired) electrons. The van der Waals surface area contributed by atoms with Crippen LogP contribution in [0.25, 0.3) is 0 Å². The van der Waals surface area contributed by atoms with Crippen LogP contribution >= 0.6 is 0 Å². The molecule has 1 rings (SSSR count). The number of aryl methyl sites for hydroxylation is 1. The Balaban J connectivity index is 2.67. The van der Waals surface area contributed by atoms with E-state index < -0.39 is 0 Å². The molecular formula is C10H15N5. The number of rotatable bonds is 5. The monoisotopic (exact) mass is 205 g/mol. The summed E-state index contributed by atoms with van der Waals surface area (Å²) in [5, 5.41) is 14.6. The first-order valence-electron chi connectivity index (χ1n) is 4.96. The van der Waals surface area contributed by atoms with Crippen LogP contribution in [0.15, 0.2) is 6.07 Å². The summed E-state index contributed by atoms with van der Waals surface area (Å²) in [4.78, 5) is 8.44. The van der Waals surface area contributed by atoms with Gasteiger partial charge in [-0.3, -0.25) is 0 Å². The molecule has 0 bridgehead atoms. The minimum atomic E-state index is 0.472. The number of nitrogens with zero attached hydrogens (tertiary/aromatic N) is 3. The summed E-state index contributed by atoms with van der Waals surface area (Å²) in [6, 6.07) is 3.91. The molecule has 5 nitrogen and oxygen atoms in total. The molecule has 0 atom stereocenters. The molecule has 1 heterocycles. The van der Waals surface area contributed by atoms with Crippen molar-refractivity contribution in [2.45, 2.75) is 20.3 Å². The Morgan fingerprint density at radius 1 is 1.33 bits per heavy atom. The molecule has 0 aliphatic heterocycles. The highest BCUT2D eigenvalue weighted by molar-refractivity contribution is 5.47. The van der Waals surface area contributed by atoms with Crippen LogP contribution in [0.5, 0.6) is 0 Å². The molecule has 5 heteroatoms. The number of aromatic nitrogens is 2. The van der Waals surface area contributed by atoms with Gasteiger partial charge in [0.05, 0.1) is 12.5 Å². The normalized spacial score (nSPS) is 9.40. The van der Waals surface area contributed by atoms with Crippen molar-refractivity contribution in [2.75, 3.05) is 23.7 Å². The van der Waals surface area contributed by atoms with Crippen molar-refractivity contribution in [3.8, 4) is 6.07 Å². The van der Waals surface area contributed by atoms with Crippen LogP contribution in [-0.4, -0.2) is 23.1 Å². The molecular weight excluding hydrogens is 190 g/mol. The van der Waals surface area contributed by atoms with Crippen LogP contribution in [0.4, 0.5) is 11.6 Å². The summed E-state index contributed by atoms with van der Waals surface area (Å²) >= 11 is 0. The smallest absolute Gasteiger partial charge is 0.131 e. The highest BCUT2D eigenvalue weighted by Gasteiger charge is 1.99. The Kier molecular flexibility index (Phi) is 4.35. The lowest BCUT2D eigenvalue weighted by molar-refractivity contribution is 1.00. The van der Waals surface area contributed by atoms with E-state index in [0.717, 1.165) is 18.2 Å². The van der Waals surface area contributed by atoms with Gasteiger partial charge in [0, 0.05) is 19.2 Å². The van der Waals surface area contributed by atoms with Gasteiger partial charge in [-0.2, -0.15) is 5.26 Å². The largest absolute Gasteiger partial charge is 0.370 e. The SMILES string of the molecule is CCNc1cc(NCCC#N)nc(C)n1. The van der Waals surface area contributed by atoms with Gasteiger partial charge >= 0.3 is 0 Å². The van der Waals surface area contributed by atoms with Gasteiger partial charge in [-0.05, 0) is 13.8 Å². The van der Waals surface area contributed by atoms with E-state index in [2.05, 4.69) is 26.7 Å². The van der Waals surface area contributed by atoms with Crippen LogP contribution in [0, 0.1) is 18.3 Å². The van der Waals surface area contributed by atoms with E-state index in [1.165, 1.54) is 0 Å². The number of nitrogens with one attached hydrogen (secondary N) is 2. The van der Waals surface area contributed by atoms with Gasteiger partial charge in [0.25, 0.3) is 0 Å². The Hall–Kier alpha value is -1.83. The molecule has 1 aromatic heterocycles. The summed E-state index contributed by atoms with van der Waals surface area (Å²) in [6.45, 7) is 5.29. The van der Waals surface area contributed by atoms with E-state index in [0.29, 0.717) is 18.8 Å². The lowest BCUT2D eigenvalue weighted by Crippen LogP contribution is -2.07. The van der Waals surface area contributed by atoms with E-state index in [1.807, 2.05) is 19.9 Å². The van der Waals surface area contributed by atoms with Gasteiger partial charge in [-0.15, -0.1) is 0 Å². The maximum Gasteiger partial charge on any atom is 0.131 e. The Morgan fingerprint density at radius 2 is 2.00 bits per heavy atom. The molecule has 0 aromatic carbocycles. The topological polar surface area (TPSA) is 73.6 Å². The first-order chi connectivity index (χ1) is 7.26. The lowest BCUT2D eigenvalue weighted by Gasteiger charge is -2.07. The zero-order valence-corrected chi connectivity index (χ0v) is 9.04. The van der Waals surface area contributed by atoms with E-state index >= 15 is 0 Å². The summed E-state index contributed by atoms with van der Waals surface area (Å²) in [6.07, 6.45) is 0.472. The average molecular weight is 205 g/mol. The Morgan fingerprint density at radius 3 is 2.60 bits per heavy atom. The van der Waals surface area contributed by atoms with E-state index in [1.54, 1.807) is 0 Å². The highest BCUT2D eigenvalue weighted by atomic mass is 15.1. The summed E-state index contributed by atoms with van der Waals surface area (Å²) < 4.78 is 0. The third-order valence-electron chi connectivity index (χ3n) is 1.74. The maximum atomic E-state index is 8.40. The molecule has 2 N–H and O–H groups in total. The number of hydrogen-bond acceptors (Lipinski definition) is 5. The van der Waals surface area contributed by atoms with Gasteiger partial charge in [0.15, 0.2) is 0 Å². The van der Waals surface area contributed by atoms with Crippen molar-refractivity contribution in [2.24, 2.45) is 0 Å². The number of anilines is 2. The predicted octanol–water partition coefficient (Wildman–Crippen LogP) is 1.54. The molecule has 0 saturated carbocycles. The van der Waals surface area contributed by atoms with Crippen molar-refractivity contribution in [3.05, 3.63) is 11.9 Å². The van der Waals surface area contributed by atoms with E-state index in [-0.39, 0.29) is 0 Å². The van der Waals surface area contributed by atoms with Crippen LogP contribution in [-0.2, 0) is 0 Å².